The summed E-state index contributed by atoms with van der Waals surface area (Å²) in [6, 6.07) is 12.1. The number of nitrogens with one attached hydrogen (secondary N) is 1. The lowest BCUT2D eigenvalue weighted by Gasteiger charge is -2.07. The highest BCUT2D eigenvalue weighted by Gasteiger charge is 2.12. The van der Waals surface area contributed by atoms with Crippen LogP contribution in [0.2, 0.25) is 0 Å². The van der Waals surface area contributed by atoms with E-state index in [2.05, 4.69) is 10.4 Å². The highest BCUT2D eigenvalue weighted by Crippen LogP contribution is 2.20. The topological polar surface area (TPSA) is 90.1 Å². The lowest BCUT2D eigenvalue weighted by atomic mass is 10.1. The lowest BCUT2D eigenvalue weighted by molar-refractivity contribution is -0.384. The molecular weight excluding hydrogens is 308 g/mol. The molecule has 3 rings (SSSR count). The Morgan fingerprint density at radius 2 is 2.12 bits per heavy atom. The number of carbonyl (C=O) groups is 1. The van der Waals surface area contributed by atoms with E-state index in [1.165, 1.54) is 16.8 Å². The minimum Gasteiger partial charge on any atom is -0.324 e. The van der Waals surface area contributed by atoms with Gasteiger partial charge in [0.15, 0.2) is 0 Å². The molecule has 0 saturated carbocycles. The number of carbonyl (C=O) groups excluding carboxylic acids is 1. The van der Waals surface area contributed by atoms with E-state index in [0.717, 1.165) is 23.1 Å². The third kappa shape index (κ3) is 3.24. The first-order chi connectivity index (χ1) is 11.6. The summed E-state index contributed by atoms with van der Waals surface area (Å²) in [5.41, 5.74) is 2.39. The van der Waals surface area contributed by atoms with Gasteiger partial charge >= 0.3 is 0 Å². The summed E-state index contributed by atoms with van der Waals surface area (Å²) in [6.45, 7) is 2.03. The number of hydrogen-bond acceptors (Lipinski definition) is 4. The van der Waals surface area contributed by atoms with Gasteiger partial charge in [0.1, 0.15) is 6.54 Å². The van der Waals surface area contributed by atoms with E-state index in [0.29, 0.717) is 5.52 Å². The third-order valence-corrected chi connectivity index (χ3v) is 3.75. The summed E-state index contributed by atoms with van der Waals surface area (Å²) in [5.74, 6) is -0.236. The quantitative estimate of drug-likeness (QED) is 0.576. The van der Waals surface area contributed by atoms with E-state index >= 15 is 0 Å². The van der Waals surface area contributed by atoms with Crippen molar-refractivity contribution in [2.45, 2.75) is 19.9 Å². The molecule has 7 heteroatoms. The van der Waals surface area contributed by atoms with Crippen molar-refractivity contribution in [3.05, 3.63) is 64.3 Å². The Labute approximate surface area is 138 Å². The molecule has 0 bridgehead atoms. The van der Waals surface area contributed by atoms with Crippen LogP contribution in [-0.4, -0.2) is 20.6 Å². The second kappa shape index (κ2) is 6.49. The number of hydrogen-bond donors (Lipinski definition) is 1. The molecule has 24 heavy (non-hydrogen) atoms. The Balaban J connectivity index is 1.80. The monoisotopic (exact) mass is 324 g/mol. The molecule has 3 aromatic rings. The van der Waals surface area contributed by atoms with Crippen LogP contribution in [-0.2, 0) is 17.8 Å². The van der Waals surface area contributed by atoms with Crippen LogP contribution in [0.3, 0.4) is 0 Å². The second-order valence-corrected chi connectivity index (χ2v) is 5.40. The number of fused-ring (bicyclic) bond motifs is 1. The van der Waals surface area contributed by atoms with Crippen molar-refractivity contribution in [2.24, 2.45) is 0 Å². The number of nitro benzene ring substituents is 1. The Kier molecular flexibility index (Phi) is 4.24. The molecular formula is C17H16N4O3. The van der Waals surface area contributed by atoms with E-state index < -0.39 is 4.92 Å². The van der Waals surface area contributed by atoms with Crippen LogP contribution >= 0.6 is 0 Å². The molecule has 0 aliphatic carbocycles. The first-order valence-electron chi connectivity index (χ1n) is 7.55. The van der Waals surface area contributed by atoms with Gasteiger partial charge in [0.2, 0.25) is 5.91 Å². The standard InChI is InChI=1S/C17H16N4O3/c1-2-12-4-3-5-14(8-12)19-17(22)11-20-16-9-15(21(23)24)7-6-13(16)10-18-20/h3-10H,2,11H2,1H3,(H,19,22). The SMILES string of the molecule is CCc1cccc(NC(=O)Cn2ncc3ccc([N+](=O)[O-])cc32)c1. The van der Waals surface area contributed by atoms with E-state index in [1.54, 1.807) is 12.3 Å². The molecule has 0 spiro atoms. The molecule has 1 aromatic heterocycles. The maximum absolute atomic E-state index is 12.2. The molecule has 0 atom stereocenters. The predicted octanol–water partition coefficient (Wildman–Crippen LogP) is 3.15. The van der Waals surface area contributed by atoms with Gasteiger partial charge in [-0.15, -0.1) is 0 Å². The van der Waals surface area contributed by atoms with E-state index in [4.69, 9.17) is 0 Å². The minimum absolute atomic E-state index is 0.0129. The first kappa shape index (κ1) is 15.7. The van der Waals surface area contributed by atoms with Crippen molar-refractivity contribution >= 4 is 28.2 Å². The Morgan fingerprint density at radius 3 is 2.88 bits per heavy atom. The van der Waals surface area contributed by atoms with Gasteiger partial charge in [-0.1, -0.05) is 19.1 Å². The van der Waals surface area contributed by atoms with Crippen LogP contribution in [0.4, 0.5) is 11.4 Å². The van der Waals surface area contributed by atoms with Gasteiger partial charge in [-0.2, -0.15) is 5.10 Å². The maximum Gasteiger partial charge on any atom is 0.271 e. The molecule has 0 unspecified atom stereocenters. The van der Waals surface area contributed by atoms with E-state index in [1.807, 2.05) is 31.2 Å². The van der Waals surface area contributed by atoms with Crippen molar-refractivity contribution in [1.29, 1.82) is 0 Å². The third-order valence-electron chi connectivity index (χ3n) is 3.75. The number of nitrogens with zero attached hydrogens (tertiary/aromatic N) is 3. The average molecular weight is 324 g/mol. The summed E-state index contributed by atoms with van der Waals surface area (Å²) < 4.78 is 1.46. The average Bonchev–Trinajstić information content (AvgIpc) is 2.97. The van der Waals surface area contributed by atoms with Gasteiger partial charge in [0.05, 0.1) is 16.6 Å². The Bertz CT molecular complexity index is 917. The van der Waals surface area contributed by atoms with Gasteiger partial charge in [-0.3, -0.25) is 19.6 Å². The van der Waals surface area contributed by atoms with Gasteiger partial charge in [0.25, 0.3) is 5.69 Å². The van der Waals surface area contributed by atoms with Crippen molar-refractivity contribution in [3.63, 3.8) is 0 Å². The summed E-state index contributed by atoms with van der Waals surface area (Å²) in [7, 11) is 0. The molecule has 1 heterocycles. The Hall–Kier alpha value is -3.22. The first-order valence-corrected chi connectivity index (χ1v) is 7.55. The zero-order valence-corrected chi connectivity index (χ0v) is 13.1. The van der Waals surface area contributed by atoms with Crippen LogP contribution in [0.1, 0.15) is 12.5 Å². The van der Waals surface area contributed by atoms with Crippen molar-refractivity contribution in [2.75, 3.05) is 5.32 Å². The highest BCUT2D eigenvalue weighted by atomic mass is 16.6. The van der Waals surface area contributed by atoms with Gasteiger partial charge in [-0.25, -0.2) is 0 Å². The normalized spacial score (nSPS) is 10.7. The fourth-order valence-electron chi connectivity index (χ4n) is 2.50. The van der Waals surface area contributed by atoms with E-state index in [9.17, 15) is 14.9 Å². The molecule has 1 amide bonds. The Morgan fingerprint density at radius 1 is 1.29 bits per heavy atom. The smallest absolute Gasteiger partial charge is 0.271 e. The highest BCUT2D eigenvalue weighted by molar-refractivity contribution is 5.92. The fraction of sp³-hybridized carbons (Fsp3) is 0.176. The number of aryl methyl sites for hydroxylation is 1. The minimum atomic E-state index is -0.465. The molecule has 1 N–H and O–H groups in total. The van der Waals surface area contributed by atoms with Crippen LogP contribution < -0.4 is 5.32 Å². The lowest BCUT2D eigenvalue weighted by Crippen LogP contribution is -2.19. The van der Waals surface area contributed by atoms with Crippen molar-refractivity contribution < 1.29 is 9.72 Å². The van der Waals surface area contributed by atoms with Crippen LogP contribution in [0.5, 0.6) is 0 Å². The van der Waals surface area contributed by atoms with Gasteiger partial charge in [0, 0.05) is 23.2 Å². The number of nitro groups is 1. The van der Waals surface area contributed by atoms with Gasteiger partial charge in [-0.05, 0) is 30.2 Å². The zero-order chi connectivity index (χ0) is 17.1. The zero-order valence-electron chi connectivity index (χ0n) is 13.1. The number of benzene rings is 2. The number of rotatable bonds is 5. The fourth-order valence-corrected chi connectivity index (χ4v) is 2.50. The molecule has 122 valence electrons. The summed E-state index contributed by atoms with van der Waals surface area (Å²) in [6.07, 6.45) is 2.47. The summed E-state index contributed by atoms with van der Waals surface area (Å²) >= 11 is 0. The molecule has 0 fully saturated rings. The van der Waals surface area contributed by atoms with Gasteiger partial charge < -0.3 is 5.32 Å². The predicted molar refractivity (Wildman–Crippen MR) is 90.8 cm³/mol. The molecule has 2 aromatic carbocycles. The largest absolute Gasteiger partial charge is 0.324 e. The second-order valence-electron chi connectivity index (χ2n) is 5.40. The van der Waals surface area contributed by atoms with Crippen molar-refractivity contribution in [1.82, 2.24) is 9.78 Å². The van der Waals surface area contributed by atoms with Crippen molar-refractivity contribution in [3.8, 4) is 0 Å². The number of amides is 1. The summed E-state index contributed by atoms with van der Waals surface area (Å²) in [5, 5.41) is 18.6. The summed E-state index contributed by atoms with van der Waals surface area (Å²) in [4.78, 5) is 22.7. The molecule has 0 radical (unpaired) electrons. The molecule has 0 aliphatic rings. The molecule has 0 aliphatic heterocycles. The van der Waals surface area contributed by atoms with Crippen LogP contribution in [0.25, 0.3) is 10.9 Å². The number of anilines is 1. The van der Waals surface area contributed by atoms with Crippen LogP contribution in [0, 0.1) is 10.1 Å². The number of aromatic nitrogens is 2. The van der Waals surface area contributed by atoms with E-state index in [-0.39, 0.29) is 18.1 Å². The molecule has 0 saturated heterocycles. The maximum atomic E-state index is 12.2. The molecule has 7 nitrogen and oxygen atoms in total. The van der Waals surface area contributed by atoms with Crippen LogP contribution in [0.15, 0.2) is 48.7 Å². The number of non-ortho nitro benzene ring substituents is 1.